The number of nitrogens with two attached hydrogens (primary N) is 2. The van der Waals surface area contributed by atoms with Gasteiger partial charge in [0.05, 0.1) is 12.1 Å². The average molecular weight is 1030 g/mol. The Morgan fingerprint density at radius 2 is 1.17 bits per heavy atom. The highest BCUT2D eigenvalue weighted by molar-refractivity contribution is 7.10. The quantitative estimate of drug-likeness (QED) is 0.0362. The summed E-state index contributed by atoms with van der Waals surface area (Å²) in [5, 5.41) is 25.6. The highest BCUT2D eigenvalue weighted by Crippen LogP contribution is 2.21. The zero-order valence-electron chi connectivity index (χ0n) is 41.2. The number of Topliss-reactive ketones (excluding diaryl/α,β-unsaturated/α-hetero) is 2. The maximum absolute atomic E-state index is 13.2. The smallest absolute Gasteiger partial charge is 0.478 e. The fourth-order valence-electron chi connectivity index (χ4n) is 6.17. The number of halogens is 3. The largest absolute Gasteiger partial charge is 0.490 e. The molecular formula is C53H71F3N4O9S2. The number of amides is 2. The number of thiophene rings is 2. The van der Waals surface area contributed by atoms with Gasteiger partial charge in [-0.05, 0) is 118 Å². The molecule has 2 heterocycles. The van der Waals surface area contributed by atoms with E-state index in [1.165, 1.54) is 16.9 Å². The molecule has 4 atom stereocenters. The summed E-state index contributed by atoms with van der Waals surface area (Å²) in [6.07, 6.45) is 6.77. The number of hydrogen-bond donors (Lipinski definition) is 6. The lowest BCUT2D eigenvalue weighted by atomic mass is 9.91. The second-order valence-corrected chi connectivity index (χ2v) is 19.3. The molecular weight excluding hydrogens is 958 g/mol. The number of aliphatic carboxylic acids is 2. The van der Waals surface area contributed by atoms with Crippen LogP contribution in [0.15, 0.2) is 120 Å². The number of alkyl carbamates (subject to hydrolysis) is 1. The zero-order chi connectivity index (χ0) is 53.2. The highest BCUT2D eigenvalue weighted by Gasteiger charge is 2.38. The predicted octanol–water partition coefficient (Wildman–Crippen LogP) is 9.93. The van der Waals surface area contributed by atoms with Gasteiger partial charge in [0.25, 0.3) is 0 Å². The van der Waals surface area contributed by atoms with Crippen LogP contribution < -0.4 is 22.1 Å². The number of carboxylic acids is 2. The molecule has 2 amide bonds. The fraction of sp³-hybridized carbons (Fsp3) is 0.434. The summed E-state index contributed by atoms with van der Waals surface area (Å²) in [4.78, 5) is 72.1. The lowest BCUT2D eigenvalue weighted by molar-refractivity contribution is -0.192. The van der Waals surface area contributed by atoms with E-state index < -0.39 is 41.9 Å². The summed E-state index contributed by atoms with van der Waals surface area (Å²) in [7, 11) is 0. The molecule has 0 radical (unpaired) electrons. The van der Waals surface area contributed by atoms with Gasteiger partial charge in [-0.15, -0.1) is 22.7 Å². The third kappa shape index (κ3) is 31.8. The van der Waals surface area contributed by atoms with Gasteiger partial charge in [-0.3, -0.25) is 14.4 Å². The van der Waals surface area contributed by atoms with Crippen molar-refractivity contribution in [3.05, 3.63) is 141 Å². The van der Waals surface area contributed by atoms with Gasteiger partial charge < -0.3 is 37.1 Å². The van der Waals surface area contributed by atoms with E-state index in [0.717, 1.165) is 60.0 Å². The van der Waals surface area contributed by atoms with Crippen LogP contribution in [0.1, 0.15) is 94.0 Å². The summed E-state index contributed by atoms with van der Waals surface area (Å²) in [6, 6.07) is 26.6. The molecule has 2 aromatic carbocycles. The number of benzene rings is 2. The van der Waals surface area contributed by atoms with Crippen LogP contribution in [0.5, 0.6) is 0 Å². The van der Waals surface area contributed by atoms with Crippen LogP contribution in [0.3, 0.4) is 0 Å². The van der Waals surface area contributed by atoms with Crippen molar-refractivity contribution in [2.24, 2.45) is 23.3 Å². The second-order valence-electron chi connectivity index (χ2n) is 17.2. The first-order chi connectivity index (χ1) is 33.6. The number of carboxylic acid groups (broad SMARTS) is 2. The van der Waals surface area contributed by atoms with Crippen LogP contribution in [-0.4, -0.2) is 82.7 Å². The summed E-state index contributed by atoms with van der Waals surface area (Å²) >= 11 is 3.13. The Hall–Kier alpha value is -5.95. The monoisotopic (exact) mass is 1030 g/mol. The Balaban J connectivity index is 0.000000589. The minimum atomic E-state index is -5.08. The van der Waals surface area contributed by atoms with Crippen molar-refractivity contribution in [2.75, 3.05) is 13.1 Å². The SMILES string of the molecule is CC(C)(C)OC(=O)N[C@@H](Cc1cccs1)C(=O)C[C@H](/C=C/C(=O)O)CCc1ccccc1.CCCN.CCCNC(=O)/C=C/[C@H](CCc1ccccc1)CC(=O)[C@@H](N)Cc1cccs1.O=C(O)C(F)(F)F. The lowest BCUT2D eigenvalue weighted by Crippen LogP contribution is -2.45. The first-order valence-electron chi connectivity index (χ1n) is 23.4. The number of carbonyl (C=O) groups is 6. The van der Waals surface area contributed by atoms with Crippen molar-refractivity contribution in [2.45, 2.75) is 123 Å². The molecule has 2 aromatic heterocycles. The van der Waals surface area contributed by atoms with E-state index in [1.807, 2.05) is 96.6 Å². The fourth-order valence-corrected chi connectivity index (χ4v) is 7.69. The van der Waals surface area contributed by atoms with E-state index in [1.54, 1.807) is 44.3 Å². The van der Waals surface area contributed by atoms with Crippen molar-refractivity contribution in [3.63, 3.8) is 0 Å². The van der Waals surface area contributed by atoms with Crippen LogP contribution in [0.25, 0.3) is 0 Å². The second kappa shape index (κ2) is 35.2. The number of alkyl halides is 3. The minimum absolute atomic E-state index is 0.00512. The number of carbonyl (C=O) groups excluding carboxylic acids is 4. The van der Waals surface area contributed by atoms with Crippen molar-refractivity contribution >= 4 is 58.2 Å². The standard InChI is InChI=1S/C25H31NO5S.C23H30N2O2S.C3H9N.C2HF3O2/c1-25(2,3)31-24(30)26-21(17-20-10-7-15-32-20)22(27)16-19(13-14-23(28)29)12-11-18-8-5-4-6-9-18;1-2-14-25-23(27)13-12-19(11-10-18-7-4-3-5-8-18)16-22(26)21(24)17-20-9-6-15-28-20;1-2-3-4;3-2(4,5)1(6)7/h4-10,13-15,19,21H,11-12,16-17H2,1-3H3,(H,26,30)(H,28,29);3-9,12-13,15,19,21H,2,10-11,14,16-17,24H2,1H3,(H,25,27);2-4H2,1H3;(H,6,7)/b14-13+;13-12+;;/t2*19-,21-;;/m00../s1. The Bertz CT molecular complexity index is 2180. The topological polar surface area (TPSA) is 228 Å². The number of allylic oxidation sites excluding steroid dienone is 2. The van der Waals surface area contributed by atoms with E-state index in [-0.39, 0.29) is 35.7 Å². The lowest BCUT2D eigenvalue weighted by Gasteiger charge is -2.24. The highest BCUT2D eigenvalue weighted by atomic mass is 32.1. The Labute approximate surface area is 424 Å². The van der Waals surface area contributed by atoms with E-state index in [0.29, 0.717) is 32.2 Å². The summed E-state index contributed by atoms with van der Waals surface area (Å²) < 4.78 is 37.1. The van der Waals surface area contributed by atoms with Crippen LogP contribution in [0.2, 0.25) is 0 Å². The van der Waals surface area contributed by atoms with Crippen molar-refractivity contribution < 1.29 is 56.9 Å². The number of ketones is 2. The number of rotatable bonds is 24. The van der Waals surface area contributed by atoms with Crippen LogP contribution in [-0.2, 0) is 54.4 Å². The normalized spacial score (nSPS) is 12.9. The average Bonchev–Trinajstić information content (AvgIpc) is 4.05. The van der Waals surface area contributed by atoms with Gasteiger partial charge in [-0.1, -0.05) is 98.8 Å². The number of aryl methyl sites for hydroxylation is 2. The summed E-state index contributed by atoms with van der Waals surface area (Å²) in [5.74, 6) is -4.29. The summed E-state index contributed by atoms with van der Waals surface area (Å²) in [6.45, 7) is 10.8. The maximum Gasteiger partial charge on any atom is 0.490 e. The number of nitrogens with one attached hydrogen (secondary N) is 2. The first kappa shape index (κ1) is 63.1. The molecule has 0 aliphatic carbocycles. The molecule has 0 saturated carbocycles. The Kier molecular flexibility index (Phi) is 31.3. The molecule has 4 rings (SSSR count). The van der Waals surface area contributed by atoms with Crippen LogP contribution in [0, 0.1) is 11.8 Å². The van der Waals surface area contributed by atoms with E-state index in [2.05, 4.69) is 29.7 Å². The molecule has 390 valence electrons. The number of hydrogen-bond acceptors (Lipinski definition) is 11. The molecule has 13 nitrogen and oxygen atoms in total. The van der Waals surface area contributed by atoms with E-state index in [9.17, 15) is 37.1 Å². The van der Waals surface area contributed by atoms with E-state index >= 15 is 0 Å². The third-order valence-corrected chi connectivity index (χ3v) is 11.6. The molecule has 18 heteroatoms. The van der Waals surface area contributed by atoms with E-state index in [4.69, 9.17) is 31.2 Å². The molecule has 0 spiro atoms. The van der Waals surface area contributed by atoms with Gasteiger partial charge in [-0.2, -0.15) is 13.2 Å². The van der Waals surface area contributed by atoms with Crippen molar-refractivity contribution in [3.8, 4) is 0 Å². The van der Waals surface area contributed by atoms with Gasteiger partial charge in [-0.25, -0.2) is 14.4 Å². The molecule has 0 aliphatic rings. The first-order valence-corrected chi connectivity index (χ1v) is 25.1. The minimum Gasteiger partial charge on any atom is -0.478 e. The molecule has 0 saturated heterocycles. The predicted molar refractivity (Wildman–Crippen MR) is 275 cm³/mol. The maximum atomic E-state index is 13.2. The number of ether oxygens (including phenoxy) is 1. The van der Waals surface area contributed by atoms with Gasteiger partial charge in [0, 0.05) is 48.1 Å². The third-order valence-electron chi connectivity index (χ3n) is 9.81. The molecule has 0 fully saturated rings. The summed E-state index contributed by atoms with van der Waals surface area (Å²) in [5.41, 5.74) is 12.8. The molecule has 4 aromatic rings. The molecule has 8 N–H and O–H groups in total. The van der Waals surface area contributed by atoms with Gasteiger partial charge in [0.15, 0.2) is 5.78 Å². The van der Waals surface area contributed by atoms with Gasteiger partial charge in [0.1, 0.15) is 11.4 Å². The van der Waals surface area contributed by atoms with Crippen LogP contribution in [0.4, 0.5) is 18.0 Å². The van der Waals surface area contributed by atoms with Crippen molar-refractivity contribution in [1.82, 2.24) is 10.6 Å². The van der Waals surface area contributed by atoms with Crippen LogP contribution >= 0.6 is 22.7 Å². The Morgan fingerprint density at radius 3 is 1.58 bits per heavy atom. The molecule has 71 heavy (non-hydrogen) atoms. The zero-order valence-corrected chi connectivity index (χ0v) is 42.8. The molecule has 0 bridgehead atoms. The molecule has 0 unspecified atom stereocenters. The van der Waals surface area contributed by atoms with Crippen molar-refractivity contribution in [1.29, 1.82) is 0 Å². The molecule has 0 aliphatic heterocycles. The van der Waals surface area contributed by atoms with Gasteiger partial charge >= 0.3 is 24.2 Å². The Morgan fingerprint density at radius 1 is 0.704 bits per heavy atom. The van der Waals surface area contributed by atoms with Gasteiger partial charge in [0.2, 0.25) is 5.91 Å².